The molecule has 0 aromatic carbocycles. The van der Waals surface area contributed by atoms with Crippen LogP contribution in [0.25, 0.3) is 0 Å². The number of carboxylic acid groups (broad SMARTS) is 1. The summed E-state index contributed by atoms with van der Waals surface area (Å²) in [4.78, 5) is 10.2. The first-order valence-corrected chi connectivity index (χ1v) is 7.33. The molecule has 0 atom stereocenters. The van der Waals surface area contributed by atoms with E-state index in [1.165, 1.54) is 57.4 Å². The van der Waals surface area contributed by atoms with Gasteiger partial charge in [-0.25, -0.2) is 4.79 Å². The first-order chi connectivity index (χ1) is 7.77. The average Bonchev–Trinajstić information content (AvgIpc) is 2.25. The van der Waals surface area contributed by atoms with Crippen LogP contribution in [-0.4, -0.2) is 16.8 Å². The van der Waals surface area contributed by atoms with E-state index in [1.54, 1.807) is 17.2 Å². The Hall–Kier alpha value is -0.440. The molecule has 0 radical (unpaired) electrons. The summed E-state index contributed by atoms with van der Waals surface area (Å²) in [5, 5.41) is 10.0. The van der Waals surface area contributed by atoms with E-state index >= 15 is 0 Å². The van der Waals surface area contributed by atoms with Crippen LogP contribution in [0.15, 0.2) is 11.5 Å². The second-order valence-corrected chi connectivity index (χ2v) is 5.00. The van der Waals surface area contributed by atoms with Gasteiger partial charge in [0.1, 0.15) is 0 Å². The van der Waals surface area contributed by atoms with E-state index in [9.17, 15) is 4.79 Å². The van der Waals surface area contributed by atoms with Crippen LogP contribution in [0.3, 0.4) is 0 Å². The van der Waals surface area contributed by atoms with Gasteiger partial charge < -0.3 is 5.11 Å². The number of carboxylic acids is 1. The van der Waals surface area contributed by atoms with Crippen LogP contribution >= 0.6 is 11.8 Å². The van der Waals surface area contributed by atoms with Crippen molar-refractivity contribution in [1.29, 1.82) is 0 Å². The summed E-state index contributed by atoms with van der Waals surface area (Å²) in [6.45, 7) is 2.24. The smallest absolute Gasteiger partial charge is 0.328 e. The SMILES string of the molecule is CCCCCCCCCCSC=CC(=O)O. The Morgan fingerprint density at radius 1 is 1.06 bits per heavy atom. The number of hydrogen-bond donors (Lipinski definition) is 1. The molecule has 0 bridgehead atoms. The Bertz CT molecular complexity index is 190. The van der Waals surface area contributed by atoms with Crippen LogP contribution in [0.1, 0.15) is 58.3 Å². The maximum atomic E-state index is 10.2. The van der Waals surface area contributed by atoms with E-state index in [4.69, 9.17) is 5.11 Å². The van der Waals surface area contributed by atoms with E-state index in [2.05, 4.69) is 6.92 Å². The maximum Gasteiger partial charge on any atom is 0.328 e. The molecule has 2 nitrogen and oxygen atoms in total. The second kappa shape index (κ2) is 12.6. The summed E-state index contributed by atoms with van der Waals surface area (Å²) in [5.41, 5.74) is 0. The van der Waals surface area contributed by atoms with Crippen molar-refractivity contribution in [1.82, 2.24) is 0 Å². The molecule has 0 unspecified atom stereocenters. The zero-order valence-electron chi connectivity index (χ0n) is 10.3. The van der Waals surface area contributed by atoms with E-state index < -0.39 is 5.97 Å². The van der Waals surface area contributed by atoms with Crippen molar-refractivity contribution in [2.75, 3.05) is 5.75 Å². The van der Waals surface area contributed by atoms with Gasteiger partial charge in [0.2, 0.25) is 0 Å². The molecule has 0 aliphatic rings. The Morgan fingerprint density at radius 3 is 2.19 bits per heavy atom. The molecule has 0 aromatic heterocycles. The minimum atomic E-state index is -0.858. The summed E-state index contributed by atoms with van der Waals surface area (Å²) >= 11 is 1.59. The van der Waals surface area contributed by atoms with Crippen molar-refractivity contribution < 1.29 is 9.90 Å². The predicted molar refractivity (Wildman–Crippen MR) is 71.8 cm³/mol. The quantitative estimate of drug-likeness (QED) is 0.431. The molecule has 0 saturated carbocycles. The van der Waals surface area contributed by atoms with Gasteiger partial charge in [-0.3, -0.25) is 0 Å². The molecule has 0 aliphatic carbocycles. The lowest BCUT2D eigenvalue weighted by molar-refractivity contribution is -0.131. The lowest BCUT2D eigenvalue weighted by Gasteiger charge is -2.00. The molecular weight excluding hydrogens is 220 g/mol. The van der Waals surface area contributed by atoms with Crippen molar-refractivity contribution in [2.45, 2.75) is 58.3 Å². The van der Waals surface area contributed by atoms with Crippen molar-refractivity contribution in [3.8, 4) is 0 Å². The third-order valence-corrected chi connectivity index (χ3v) is 3.28. The monoisotopic (exact) mass is 244 g/mol. The van der Waals surface area contributed by atoms with Crippen molar-refractivity contribution in [2.24, 2.45) is 0 Å². The summed E-state index contributed by atoms with van der Waals surface area (Å²) < 4.78 is 0. The zero-order chi connectivity index (χ0) is 12.1. The van der Waals surface area contributed by atoms with Gasteiger partial charge in [-0.15, -0.1) is 11.8 Å². The molecule has 16 heavy (non-hydrogen) atoms. The third-order valence-electron chi connectivity index (χ3n) is 2.42. The average molecular weight is 244 g/mol. The summed E-state index contributed by atoms with van der Waals surface area (Å²) in [6, 6.07) is 0. The molecule has 0 saturated heterocycles. The highest BCUT2D eigenvalue weighted by molar-refractivity contribution is 8.02. The predicted octanol–water partition coefficient (Wildman–Crippen LogP) is 4.46. The zero-order valence-corrected chi connectivity index (χ0v) is 11.1. The van der Waals surface area contributed by atoms with E-state index in [0.717, 1.165) is 5.75 Å². The Labute approximate surface area is 104 Å². The molecule has 0 aliphatic heterocycles. The molecule has 0 aromatic rings. The Kier molecular flexibility index (Phi) is 12.3. The van der Waals surface area contributed by atoms with E-state index in [1.807, 2.05) is 0 Å². The molecule has 0 rings (SSSR count). The minimum absolute atomic E-state index is 0.858. The highest BCUT2D eigenvalue weighted by Crippen LogP contribution is 2.11. The summed E-state index contributed by atoms with van der Waals surface area (Å²) in [7, 11) is 0. The van der Waals surface area contributed by atoms with E-state index in [0.29, 0.717) is 0 Å². The van der Waals surface area contributed by atoms with Crippen molar-refractivity contribution in [3.05, 3.63) is 11.5 Å². The van der Waals surface area contributed by atoms with Crippen LogP contribution < -0.4 is 0 Å². The molecular formula is C13H24O2S. The van der Waals surface area contributed by atoms with Crippen LogP contribution in [0, 0.1) is 0 Å². The fourth-order valence-corrected chi connectivity index (χ4v) is 2.21. The highest BCUT2D eigenvalue weighted by Gasteiger charge is 1.91. The number of rotatable bonds is 11. The normalized spacial score (nSPS) is 11.1. The highest BCUT2D eigenvalue weighted by atomic mass is 32.2. The molecule has 0 amide bonds. The lowest BCUT2D eigenvalue weighted by Crippen LogP contribution is -1.85. The molecule has 94 valence electrons. The number of thioether (sulfide) groups is 1. The first-order valence-electron chi connectivity index (χ1n) is 6.28. The van der Waals surface area contributed by atoms with Crippen LogP contribution in [0.5, 0.6) is 0 Å². The lowest BCUT2D eigenvalue weighted by atomic mass is 10.1. The second-order valence-electron chi connectivity index (χ2n) is 3.99. The number of unbranched alkanes of at least 4 members (excludes halogenated alkanes) is 7. The molecule has 0 fully saturated rings. The first kappa shape index (κ1) is 15.6. The standard InChI is InChI=1S/C13H24O2S/c1-2-3-4-5-6-7-8-9-11-16-12-10-13(14)15/h10,12H,2-9,11H2,1H3,(H,14,15). The molecule has 0 spiro atoms. The maximum absolute atomic E-state index is 10.2. The van der Waals surface area contributed by atoms with Crippen molar-refractivity contribution >= 4 is 17.7 Å². The third kappa shape index (κ3) is 13.6. The van der Waals surface area contributed by atoms with Gasteiger partial charge in [0.05, 0.1) is 0 Å². The van der Waals surface area contributed by atoms with Gasteiger partial charge in [0.25, 0.3) is 0 Å². The summed E-state index contributed by atoms with van der Waals surface area (Å²) in [6.07, 6.45) is 11.8. The van der Waals surface area contributed by atoms with Gasteiger partial charge in [-0.2, -0.15) is 0 Å². The fraction of sp³-hybridized carbons (Fsp3) is 0.769. The molecule has 1 N–H and O–H groups in total. The Morgan fingerprint density at radius 2 is 1.62 bits per heavy atom. The van der Waals surface area contributed by atoms with Gasteiger partial charge >= 0.3 is 5.97 Å². The topological polar surface area (TPSA) is 37.3 Å². The number of carbonyl (C=O) groups is 1. The van der Waals surface area contributed by atoms with Gasteiger partial charge in [-0.1, -0.05) is 51.9 Å². The van der Waals surface area contributed by atoms with Crippen LogP contribution in [0.2, 0.25) is 0 Å². The van der Waals surface area contributed by atoms with Crippen LogP contribution in [0.4, 0.5) is 0 Å². The number of aliphatic carboxylic acids is 1. The van der Waals surface area contributed by atoms with Gasteiger partial charge in [0.15, 0.2) is 0 Å². The largest absolute Gasteiger partial charge is 0.478 e. The molecule has 0 heterocycles. The van der Waals surface area contributed by atoms with Gasteiger partial charge in [0, 0.05) is 6.08 Å². The number of hydrogen-bond acceptors (Lipinski definition) is 2. The van der Waals surface area contributed by atoms with Crippen molar-refractivity contribution in [3.63, 3.8) is 0 Å². The Balaban J connectivity index is 3.01. The molecule has 3 heteroatoms. The van der Waals surface area contributed by atoms with Crippen LogP contribution in [-0.2, 0) is 4.79 Å². The summed E-state index contributed by atoms with van der Waals surface area (Å²) in [5.74, 6) is 0.182. The van der Waals surface area contributed by atoms with E-state index in [-0.39, 0.29) is 0 Å². The fourth-order valence-electron chi connectivity index (χ4n) is 1.49. The minimum Gasteiger partial charge on any atom is -0.478 e. The van der Waals surface area contributed by atoms with Gasteiger partial charge in [-0.05, 0) is 17.6 Å².